The maximum Gasteiger partial charge on any atom is 0.332 e. The summed E-state index contributed by atoms with van der Waals surface area (Å²) < 4.78 is 4.60. The summed E-state index contributed by atoms with van der Waals surface area (Å²) in [5.74, 6) is -1.97. The van der Waals surface area contributed by atoms with E-state index in [1.807, 2.05) is 0 Å². The van der Waals surface area contributed by atoms with Crippen molar-refractivity contribution in [2.75, 3.05) is 7.11 Å². The summed E-state index contributed by atoms with van der Waals surface area (Å²) in [6.07, 6.45) is -0.352. The summed E-state index contributed by atoms with van der Waals surface area (Å²) in [6.45, 7) is 0. The minimum absolute atomic E-state index is 0.0207. The zero-order valence-corrected chi connectivity index (χ0v) is 6.82. The molecule has 0 aromatic carbocycles. The maximum absolute atomic E-state index is 10.3. The summed E-state index contributed by atoms with van der Waals surface area (Å²) in [7, 11) is 1.29. The first-order valence-electron chi connectivity index (χ1n) is 3.55. The van der Waals surface area contributed by atoms with Gasteiger partial charge in [-0.25, -0.2) is 4.79 Å². The lowest BCUT2D eigenvalue weighted by atomic mass is 10.1. The van der Waals surface area contributed by atoms with Crippen LogP contribution in [0, 0.1) is 0 Å². The van der Waals surface area contributed by atoms with Crippen LogP contribution in [0.1, 0.15) is 19.3 Å². The minimum Gasteiger partial charge on any atom is -0.481 e. The Morgan fingerprint density at radius 1 is 1.42 bits per heavy atom. The normalized spacial score (nSPS) is 12.4. The Kier molecular flexibility index (Phi) is 5.03. The molecule has 5 nitrogen and oxygen atoms in total. The second-order valence-electron chi connectivity index (χ2n) is 2.35. The van der Waals surface area contributed by atoms with Gasteiger partial charge < -0.3 is 14.9 Å². The predicted octanol–water partition coefficient (Wildman–Crippen LogP) is 0.341. The molecule has 0 aliphatic heterocycles. The van der Waals surface area contributed by atoms with E-state index in [0.29, 0.717) is 6.42 Å². The summed E-state index contributed by atoms with van der Waals surface area (Å²) in [6, 6.07) is 0. The van der Waals surface area contributed by atoms with Crippen LogP contribution in [0.25, 0.3) is 0 Å². The number of carbonyl (C=O) groups is 2. The number of hydrogen-bond donors (Lipinski definition) is 2. The number of carboxylic acid groups (broad SMARTS) is 2. The van der Waals surface area contributed by atoms with Gasteiger partial charge in [-0.1, -0.05) is 0 Å². The average molecular weight is 176 g/mol. The van der Waals surface area contributed by atoms with Crippen molar-refractivity contribution in [3.63, 3.8) is 0 Å². The van der Waals surface area contributed by atoms with Crippen molar-refractivity contribution in [2.24, 2.45) is 0 Å². The zero-order valence-electron chi connectivity index (χ0n) is 6.82. The van der Waals surface area contributed by atoms with Crippen LogP contribution in [0.15, 0.2) is 0 Å². The van der Waals surface area contributed by atoms with E-state index in [1.165, 1.54) is 7.11 Å². The summed E-state index contributed by atoms with van der Waals surface area (Å²) in [5, 5.41) is 16.7. The third kappa shape index (κ3) is 4.68. The lowest BCUT2D eigenvalue weighted by Gasteiger charge is -2.08. The van der Waals surface area contributed by atoms with E-state index in [4.69, 9.17) is 10.2 Å². The van der Waals surface area contributed by atoms with Gasteiger partial charge >= 0.3 is 11.9 Å². The van der Waals surface area contributed by atoms with Crippen molar-refractivity contribution in [1.29, 1.82) is 0 Å². The highest BCUT2D eigenvalue weighted by molar-refractivity contribution is 5.72. The second kappa shape index (κ2) is 5.54. The van der Waals surface area contributed by atoms with Crippen molar-refractivity contribution < 1.29 is 24.5 Å². The Morgan fingerprint density at radius 3 is 2.33 bits per heavy atom. The Hall–Kier alpha value is -1.10. The largest absolute Gasteiger partial charge is 0.481 e. The molecule has 0 aliphatic rings. The molecule has 0 bridgehead atoms. The van der Waals surface area contributed by atoms with Gasteiger partial charge in [0, 0.05) is 13.5 Å². The molecular weight excluding hydrogens is 164 g/mol. The second-order valence-corrected chi connectivity index (χ2v) is 2.35. The van der Waals surface area contributed by atoms with E-state index in [2.05, 4.69) is 4.74 Å². The van der Waals surface area contributed by atoms with E-state index in [9.17, 15) is 9.59 Å². The summed E-state index contributed by atoms with van der Waals surface area (Å²) >= 11 is 0. The fraction of sp³-hybridized carbons (Fsp3) is 0.714. The Labute approximate surface area is 70.0 Å². The van der Waals surface area contributed by atoms with Gasteiger partial charge in [0.05, 0.1) is 0 Å². The maximum atomic E-state index is 10.3. The molecular formula is C7H12O5. The lowest BCUT2D eigenvalue weighted by Crippen LogP contribution is -2.22. The highest BCUT2D eigenvalue weighted by Crippen LogP contribution is 2.04. The molecule has 5 heteroatoms. The first-order chi connectivity index (χ1) is 5.57. The van der Waals surface area contributed by atoms with Crippen LogP contribution in [0.5, 0.6) is 0 Å². The molecule has 1 atom stereocenters. The van der Waals surface area contributed by atoms with Gasteiger partial charge in [-0.05, 0) is 12.8 Å². The van der Waals surface area contributed by atoms with Crippen LogP contribution in [0.4, 0.5) is 0 Å². The standard InChI is InChI=1S/C7H12O5/c1-12-5(7(10)11)3-2-4-6(8)9/h5H,2-4H2,1H3,(H,8,9)(H,10,11)/t5-/m1/s1. The van der Waals surface area contributed by atoms with Crippen molar-refractivity contribution >= 4 is 11.9 Å². The summed E-state index contributed by atoms with van der Waals surface area (Å²) in [5.41, 5.74) is 0. The number of rotatable bonds is 6. The van der Waals surface area contributed by atoms with Crippen molar-refractivity contribution in [3.05, 3.63) is 0 Å². The molecule has 0 rings (SSSR count). The van der Waals surface area contributed by atoms with Crippen LogP contribution in [0.2, 0.25) is 0 Å². The first kappa shape index (κ1) is 10.9. The van der Waals surface area contributed by atoms with Crippen LogP contribution >= 0.6 is 0 Å². The molecule has 0 saturated carbocycles. The van der Waals surface area contributed by atoms with Gasteiger partial charge in [-0.15, -0.1) is 0 Å². The van der Waals surface area contributed by atoms with Gasteiger partial charge in [0.1, 0.15) is 0 Å². The Balaban J connectivity index is 3.59. The van der Waals surface area contributed by atoms with Gasteiger partial charge in [0.25, 0.3) is 0 Å². The van der Waals surface area contributed by atoms with E-state index < -0.39 is 18.0 Å². The molecule has 0 unspecified atom stereocenters. The molecule has 0 saturated heterocycles. The fourth-order valence-electron chi connectivity index (χ4n) is 0.781. The Morgan fingerprint density at radius 2 is 2.00 bits per heavy atom. The van der Waals surface area contributed by atoms with Crippen LogP contribution in [-0.4, -0.2) is 35.4 Å². The minimum atomic E-state index is -1.05. The van der Waals surface area contributed by atoms with E-state index in [0.717, 1.165) is 0 Å². The van der Waals surface area contributed by atoms with Crippen LogP contribution < -0.4 is 0 Å². The van der Waals surface area contributed by atoms with E-state index in [-0.39, 0.29) is 12.8 Å². The van der Waals surface area contributed by atoms with Crippen LogP contribution in [-0.2, 0) is 14.3 Å². The number of ether oxygens (including phenoxy) is 1. The molecule has 0 spiro atoms. The van der Waals surface area contributed by atoms with Crippen molar-refractivity contribution in [2.45, 2.75) is 25.4 Å². The molecule has 70 valence electrons. The van der Waals surface area contributed by atoms with Crippen molar-refractivity contribution in [3.8, 4) is 0 Å². The van der Waals surface area contributed by atoms with Crippen molar-refractivity contribution in [1.82, 2.24) is 0 Å². The van der Waals surface area contributed by atoms with Gasteiger partial charge in [-0.3, -0.25) is 4.79 Å². The molecule has 0 fully saturated rings. The fourth-order valence-corrected chi connectivity index (χ4v) is 0.781. The topological polar surface area (TPSA) is 83.8 Å². The molecule has 0 aromatic rings. The average Bonchev–Trinajstić information content (AvgIpc) is 1.96. The summed E-state index contributed by atoms with van der Waals surface area (Å²) in [4.78, 5) is 20.4. The van der Waals surface area contributed by atoms with Gasteiger partial charge in [0.2, 0.25) is 0 Å². The number of methoxy groups -OCH3 is 1. The van der Waals surface area contributed by atoms with E-state index >= 15 is 0 Å². The number of hydrogen-bond acceptors (Lipinski definition) is 3. The zero-order chi connectivity index (χ0) is 9.56. The quantitative estimate of drug-likeness (QED) is 0.609. The van der Waals surface area contributed by atoms with Gasteiger partial charge in [0.15, 0.2) is 6.10 Å². The van der Waals surface area contributed by atoms with Gasteiger partial charge in [-0.2, -0.15) is 0 Å². The highest BCUT2D eigenvalue weighted by Gasteiger charge is 2.15. The molecule has 12 heavy (non-hydrogen) atoms. The number of carboxylic acids is 2. The van der Waals surface area contributed by atoms with Crippen LogP contribution in [0.3, 0.4) is 0 Å². The predicted molar refractivity (Wildman–Crippen MR) is 39.9 cm³/mol. The lowest BCUT2D eigenvalue weighted by molar-refractivity contribution is -0.149. The molecule has 0 radical (unpaired) electrons. The highest BCUT2D eigenvalue weighted by atomic mass is 16.5. The molecule has 2 N–H and O–H groups in total. The molecule has 0 amide bonds. The molecule has 0 aliphatic carbocycles. The molecule has 0 aromatic heterocycles. The van der Waals surface area contributed by atoms with E-state index in [1.54, 1.807) is 0 Å². The third-order valence-electron chi connectivity index (χ3n) is 1.42. The smallest absolute Gasteiger partial charge is 0.332 e. The molecule has 0 heterocycles. The monoisotopic (exact) mass is 176 g/mol. The SMILES string of the molecule is CO[C@H](CCCC(=O)O)C(=O)O. The Bertz CT molecular complexity index is 165. The number of aliphatic carboxylic acids is 2. The first-order valence-corrected chi connectivity index (χ1v) is 3.55. The third-order valence-corrected chi connectivity index (χ3v) is 1.42.